The fraction of sp³-hybridized carbons (Fsp3) is 0.286. The van der Waals surface area contributed by atoms with Gasteiger partial charge in [-0.05, 0) is 35.8 Å². The minimum absolute atomic E-state index is 0.0471. The van der Waals surface area contributed by atoms with Gasteiger partial charge in [-0.3, -0.25) is 9.11 Å². The van der Waals surface area contributed by atoms with E-state index in [0.29, 0.717) is 0 Å². The number of allylic oxidation sites excluding steroid dienone is 4. The lowest BCUT2D eigenvalue weighted by molar-refractivity contribution is 0.381. The van der Waals surface area contributed by atoms with Crippen molar-refractivity contribution < 1.29 is 17.5 Å². The van der Waals surface area contributed by atoms with Crippen LogP contribution in [0.25, 0.3) is 5.57 Å². The fourth-order valence-electron chi connectivity index (χ4n) is 1.95. The summed E-state index contributed by atoms with van der Waals surface area (Å²) in [7, 11) is -4.67. The number of nitrogens with two attached hydrogens (primary N) is 2. The molecule has 0 heterocycles. The molecular weight excluding hydrogens is 292 g/mol. The second kappa shape index (κ2) is 6.30. The summed E-state index contributed by atoms with van der Waals surface area (Å²) >= 11 is 0. The Bertz CT molecular complexity index is 651. The van der Waals surface area contributed by atoms with Gasteiger partial charge in [-0.2, -0.15) is 8.42 Å². The van der Waals surface area contributed by atoms with Crippen LogP contribution in [-0.4, -0.2) is 17.5 Å². The molecule has 7 heteroatoms. The molecule has 0 unspecified atom stereocenters. The molecule has 0 fully saturated rings. The monoisotopic (exact) mass is 312 g/mol. The van der Waals surface area contributed by atoms with Crippen molar-refractivity contribution in [3.8, 4) is 0 Å². The van der Waals surface area contributed by atoms with E-state index in [2.05, 4.69) is 32.1 Å². The number of nitrogen functional groups attached to an aromatic ring is 1. The maximum Gasteiger partial charge on any atom is 0.394 e. The third-order valence-corrected chi connectivity index (χ3v) is 3.16. The molecule has 0 spiro atoms. The summed E-state index contributed by atoms with van der Waals surface area (Å²) in [4.78, 5) is 0. The van der Waals surface area contributed by atoms with Crippen LogP contribution in [0.3, 0.4) is 0 Å². The summed E-state index contributed by atoms with van der Waals surface area (Å²) < 4.78 is 31.6. The quantitative estimate of drug-likeness (QED) is 0.465. The topological polar surface area (TPSA) is 127 Å². The Morgan fingerprint density at radius 2 is 1.52 bits per heavy atom. The van der Waals surface area contributed by atoms with E-state index in [1.54, 1.807) is 0 Å². The molecule has 0 atom stereocenters. The molecule has 6 nitrogen and oxygen atoms in total. The second-order valence-electron chi connectivity index (χ2n) is 5.44. The number of rotatable bonds is 1. The van der Waals surface area contributed by atoms with E-state index in [4.69, 9.17) is 29.0 Å². The highest BCUT2D eigenvalue weighted by Gasteiger charge is 2.25. The molecule has 116 valence electrons. The first kappa shape index (κ1) is 17.2. The molecule has 2 rings (SSSR count). The van der Waals surface area contributed by atoms with Crippen LogP contribution in [-0.2, 0) is 10.4 Å². The minimum Gasteiger partial charge on any atom is -0.402 e. The predicted molar refractivity (Wildman–Crippen MR) is 83.7 cm³/mol. The maximum absolute atomic E-state index is 8.74. The summed E-state index contributed by atoms with van der Waals surface area (Å²) in [5.74, 6) is 0. The first-order valence-corrected chi connectivity index (χ1v) is 7.61. The van der Waals surface area contributed by atoms with Crippen molar-refractivity contribution in [2.24, 2.45) is 11.1 Å². The molecule has 0 amide bonds. The van der Waals surface area contributed by atoms with Gasteiger partial charge < -0.3 is 11.5 Å². The first-order chi connectivity index (χ1) is 9.49. The van der Waals surface area contributed by atoms with Gasteiger partial charge in [-0.25, -0.2) is 0 Å². The fourth-order valence-corrected chi connectivity index (χ4v) is 1.95. The molecule has 1 aromatic rings. The molecule has 0 aromatic heterocycles. The Morgan fingerprint density at radius 1 is 1.05 bits per heavy atom. The normalized spacial score (nSPS) is 17.1. The van der Waals surface area contributed by atoms with Gasteiger partial charge in [0, 0.05) is 16.8 Å². The maximum atomic E-state index is 8.74. The molecule has 0 saturated carbocycles. The van der Waals surface area contributed by atoms with Crippen molar-refractivity contribution in [1.29, 1.82) is 0 Å². The molecule has 1 aliphatic carbocycles. The molecular formula is C14H20N2O4S. The van der Waals surface area contributed by atoms with E-state index < -0.39 is 10.4 Å². The highest BCUT2D eigenvalue weighted by Crippen LogP contribution is 2.38. The lowest BCUT2D eigenvalue weighted by atomic mass is 9.77. The number of hydrogen-bond acceptors (Lipinski definition) is 4. The standard InChI is InChI=1S/C14H18N2.H2O4S/c1-14(2)9-11(5-8-13(14)16)10-3-6-12(15)7-4-10;1-5(2,3)4/h3-8H,9,15-16H2,1-2H3;(H2,1,2,3,4). The van der Waals surface area contributed by atoms with Crippen LogP contribution in [0.4, 0.5) is 5.69 Å². The molecule has 1 aromatic carbocycles. The summed E-state index contributed by atoms with van der Waals surface area (Å²) in [6.07, 6.45) is 5.08. The Labute approximate surface area is 124 Å². The Morgan fingerprint density at radius 3 is 1.95 bits per heavy atom. The third kappa shape index (κ3) is 5.99. The Balaban J connectivity index is 0.000000383. The summed E-state index contributed by atoms with van der Waals surface area (Å²) in [5, 5.41) is 0. The lowest BCUT2D eigenvalue weighted by Gasteiger charge is -2.29. The highest BCUT2D eigenvalue weighted by atomic mass is 32.3. The average Bonchev–Trinajstić information content (AvgIpc) is 2.31. The van der Waals surface area contributed by atoms with Gasteiger partial charge in [-0.1, -0.05) is 32.1 Å². The zero-order valence-electron chi connectivity index (χ0n) is 11.9. The van der Waals surface area contributed by atoms with Crippen molar-refractivity contribution in [2.45, 2.75) is 20.3 Å². The van der Waals surface area contributed by atoms with Crippen LogP contribution < -0.4 is 11.5 Å². The van der Waals surface area contributed by atoms with Crippen LogP contribution >= 0.6 is 0 Å². The van der Waals surface area contributed by atoms with Crippen LogP contribution in [0.1, 0.15) is 25.8 Å². The van der Waals surface area contributed by atoms with Crippen molar-refractivity contribution in [3.05, 3.63) is 47.7 Å². The zero-order chi connectivity index (χ0) is 16.3. The van der Waals surface area contributed by atoms with E-state index >= 15 is 0 Å². The van der Waals surface area contributed by atoms with Gasteiger partial charge in [0.2, 0.25) is 0 Å². The molecule has 21 heavy (non-hydrogen) atoms. The minimum atomic E-state index is -4.67. The van der Waals surface area contributed by atoms with E-state index in [1.165, 1.54) is 11.1 Å². The van der Waals surface area contributed by atoms with Gasteiger partial charge in [-0.15, -0.1) is 0 Å². The Kier molecular flexibility index (Phi) is 5.16. The number of hydrogen-bond donors (Lipinski definition) is 4. The van der Waals surface area contributed by atoms with Crippen LogP contribution in [0.2, 0.25) is 0 Å². The average molecular weight is 312 g/mol. The van der Waals surface area contributed by atoms with E-state index in [-0.39, 0.29) is 5.41 Å². The van der Waals surface area contributed by atoms with Gasteiger partial charge in [0.05, 0.1) is 0 Å². The molecule has 0 saturated heterocycles. The molecule has 0 radical (unpaired) electrons. The molecule has 6 N–H and O–H groups in total. The van der Waals surface area contributed by atoms with E-state index in [0.717, 1.165) is 17.8 Å². The Hall–Kier alpha value is -1.83. The summed E-state index contributed by atoms with van der Waals surface area (Å²) in [6, 6.07) is 7.99. The van der Waals surface area contributed by atoms with Gasteiger partial charge in [0.25, 0.3) is 0 Å². The largest absolute Gasteiger partial charge is 0.402 e. The second-order valence-corrected chi connectivity index (χ2v) is 6.34. The number of benzene rings is 1. The van der Waals surface area contributed by atoms with Crippen molar-refractivity contribution in [3.63, 3.8) is 0 Å². The third-order valence-electron chi connectivity index (χ3n) is 3.16. The van der Waals surface area contributed by atoms with Crippen molar-refractivity contribution >= 4 is 21.7 Å². The van der Waals surface area contributed by atoms with E-state index in [1.807, 2.05) is 18.2 Å². The van der Waals surface area contributed by atoms with Crippen LogP contribution in [0, 0.1) is 5.41 Å². The van der Waals surface area contributed by atoms with Gasteiger partial charge in [0.1, 0.15) is 0 Å². The smallest absolute Gasteiger partial charge is 0.394 e. The van der Waals surface area contributed by atoms with Gasteiger partial charge >= 0.3 is 10.4 Å². The zero-order valence-corrected chi connectivity index (χ0v) is 12.8. The molecule has 1 aliphatic rings. The van der Waals surface area contributed by atoms with Crippen LogP contribution in [0.5, 0.6) is 0 Å². The highest BCUT2D eigenvalue weighted by molar-refractivity contribution is 7.79. The number of anilines is 1. The van der Waals surface area contributed by atoms with Crippen LogP contribution in [0.15, 0.2) is 42.1 Å². The molecule has 0 aliphatic heterocycles. The predicted octanol–water partition coefficient (Wildman–Crippen LogP) is 2.27. The first-order valence-electron chi connectivity index (χ1n) is 6.21. The molecule has 0 bridgehead atoms. The summed E-state index contributed by atoms with van der Waals surface area (Å²) in [6.45, 7) is 4.34. The van der Waals surface area contributed by atoms with Crippen molar-refractivity contribution in [2.75, 3.05) is 5.73 Å². The SMILES string of the molecule is CC1(C)CC(c2ccc(N)cc2)=CC=C1N.O=S(=O)(O)O. The van der Waals surface area contributed by atoms with Gasteiger partial charge in [0.15, 0.2) is 0 Å². The lowest BCUT2D eigenvalue weighted by Crippen LogP contribution is -2.23. The van der Waals surface area contributed by atoms with E-state index in [9.17, 15) is 0 Å². The van der Waals surface area contributed by atoms with Crippen molar-refractivity contribution in [1.82, 2.24) is 0 Å². The summed E-state index contributed by atoms with van der Waals surface area (Å²) in [5.41, 5.74) is 16.0.